The number of hydrogen-bond acceptors (Lipinski definition) is 6. The van der Waals surface area contributed by atoms with Gasteiger partial charge < -0.3 is 19.8 Å². The molecule has 6 nitrogen and oxygen atoms in total. The van der Waals surface area contributed by atoms with Crippen LogP contribution in [-0.2, 0) is 13.2 Å². The van der Waals surface area contributed by atoms with E-state index in [2.05, 4.69) is 34.4 Å². The first-order valence-electron chi connectivity index (χ1n) is 12.9. The molecule has 0 fully saturated rings. The molecule has 0 saturated carbocycles. The maximum absolute atomic E-state index is 13.4. The Morgan fingerprint density at radius 3 is 2.72 bits per heavy atom. The van der Waals surface area contributed by atoms with Gasteiger partial charge in [-0.2, -0.15) is 0 Å². The fraction of sp³-hybridized carbons (Fsp3) is 0.226. The largest absolute Gasteiger partial charge is 0.487 e. The molecule has 0 aliphatic rings. The predicted octanol–water partition coefficient (Wildman–Crippen LogP) is 8.14. The minimum absolute atomic E-state index is 0.214. The molecule has 0 spiro atoms. The van der Waals surface area contributed by atoms with E-state index in [1.54, 1.807) is 24.3 Å². The Labute approximate surface area is 232 Å². The Morgan fingerprint density at radius 1 is 1.00 bits per heavy atom. The average Bonchev–Trinajstić information content (AvgIpc) is 3.40. The fourth-order valence-corrected chi connectivity index (χ4v) is 4.40. The molecule has 0 aliphatic carbocycles. The quantitative estimate of drug-likeness (QED) is 0.163. The third kappa shape index (κ3) is 6.93. The second-order valence-electron chi connectivity index (χ2n) is 9.77. The molecular weight excluding hydrogens is 515 g/mol. The molecule has 0 amide bonds. The number of nitrogens with zero attached hydrogens (tertiary/aromatic N) is 2. The zero-order valence-corrected chi connectivity index (χ0v) is 22.6. The summed E-state index contributed by atoms with van der Waals surface area (Å²) in [5, 5.41) is 8.06. The van der Waals surface area contributed by atoms with Crippen molar-refractivity contribution in [3.8, 4) is 17.1 Å². The number of aromatic nitrogens is 2. The van der Waals surface area contributed by atoms with Crippen molar-refractivity contribution in [3.05, 3.63) is 101 Å². The van der Waals surface area contributed by atoms with Gasteiger partial charge in [0.25, 0.3) is 0 Å². The molecule has 8 heteroatoms. The van der Waals surface area contributed by atoms with Crippen LogP contribution in [0.15, 0.2) is 83.5 Å². The molecule has 0 aliphatic heterocycles. The van der Waals surface area contributed by atoms with Crippen LogP contribution in [-0.4, -0.2) is 16.5 Å². The molecular formula is C31H30ClFN4O2. The first kappa shape index (κ1) is 26.7. The van der Waals surface area contributed by atoms with Crippen LogP contribution < -0.4 is 15.4 Å². The third-order valence-corrected chi connectivity index (χ3v) is 6.55. The minimum Gasteiger partial charge on any atom is -0.487 e. The van der Waals surface area contributed by atoms with Crippen molar-refractivity contribution in [3.63, 3.8) is 0 Å². The highest BCUT2D eigenvalue weighted by molar-refractivity contribution is 6.32. The zero-order chi connectivity index (χ0) is 27.2. The summed E-state index contributed by atoms with van der Waals surface area (Å²) in [4.78, 5) is 8.88. The molecule has 0 saturated heterocycles. The Bertz CT molecular complexity index is 1570. The first-order chi connectivity index (χ1) is 18.9. The Kier molecular flexibility index (Phi) is 8.39. The standard InChI is InChI=1S/C31H30ClFN4O2/c1-20(2)12-13-34-17-25-8-11-29(39-25)22-6-9-28-26(15-22)31(36-19-35-28)37-24-7-10-30(27(32)16-24)38-18-21-4-3-5-23(33)14-21/h3-11,14-16,19-20,34H,12-13,17-18H2,1-2H3,(H,35,36,37). The van der Waals surface area contributed by atoms with Gasteiger partial charge in [-0.15, -0.1) is 0 Å². The summed E-state index contributed by atoms with van der Waals surface area (Å²) in [6, 6.07) is 21.6. The van der Waals surface area contributed by atoms with Gasteiger partial charge >= 0.3 is 0 Å². The molecule has 3 aromatic carbocycles. The van der Waals surface area contributed by atoms with Crippen molar-refractivity contribution < 1.29 is 13.5 Å². The third-order valence-electron chi connectivity index (χ3n) is 6.26. The van der Waals surface area contributed by atoms with Gasteiger partial charge in [-0.25, -0.2) is 14.4 Å². The van der Waals surface area contributed by atoms with E-state index in [-0.39, 0.29) is 12.4 Å². The van der Waals surface area contributed by atoms with E-state index >= 15 is 0 Å². The molecule has 2 aromatic heterocycles. The number of furan rings is 1. The van der Waals surface area contributed by atoms with Crippen LogP contribution in [0.1, 0.15) is 31.6 Å². The average molecular weight is 545 g/mol. The van der Waals surface area contributed by atoms with E-state index in [1.165, 1.54) is 18.5 Å². The van der Waals surface area contributed by atoms with Crippen molar-refractivity contribution in [2.45, 2.75) is 33.4 Å². The van der Waals surface area contributed by atoms with Crippen molar-refractivity contribution in [1.82, 2.24) is 15.3 Å². The van der Waals surface area contributed by atoms with Crippen LogP contribution in [0.25, 0.3) is 22.2 Å². The normalized spacial score (nSPS) is 11.3. The second-order valence-corrected chi connectivity index (χ2v) is 10.2. The minimum atomic E-state index is -0.302. The number of hydrogen-bond donors (Lipinski definition) is 2. The topological polar surface area (TPSA) is 72.2 Å². The molecule has 0 radical (unpaired) electrons. The summed E-state index contributed by atoms with van der Waals surface area (Å²) in [6.07, 6.45) is 2.65. The van der Waals surface area contributed by atoms with Crippen LogP contribution in [0, 0.1) is 11.7 Å². The summed E-state index contributed by atoms with van der Waals surface area (Å²) < 4.78 is 25.3. The summed E-state index contributed by atoms with van der Waals surface area (Å²) in [5.74, 6) is 3.20. The Hall–Kier alpha value is -3.94. The van der Waals surface area contributed by atoms with Crippen molar-refractivity contribution >= 4 is 34.0 Å². The molecule has 5 rings (SSSR count). The van der Waals surface area contributed by atoms with Gasteiger partial charge in [-0.3, -0.25) is 0 Å². The van der Waals surface area contributed by atoms with E-state index in [9.17, 15) is 4.39 Å². The van der Waals surface area contributed by atoms with E-state index in [1.807, 2.05) is 36.4 Å². The van der Waals surface area contributed by atoms with Crippen molar-refractivity contribution in [2.75, 3.05) is 11.9 Å². The Balaban J connectivity index is 1.30. The van der Waals surface area contributed by atoms with Crippen LogP contribution >= 0.6 is 11.6 Å². The molecule has 2 N–H and O–H groups in total. The summed E-state index contributed by atoms with van der Waals surface area (Å²) >= 11 is 6.49. The smallest absolute Gasteiger partial charge is 0.141 e. The molecule has 0 bridgehead atoms. The highest BCUT2D eigenvalue weighted by atomic mass is 35.5. The lowest BCUT2D eigenvalue weighted by atomic mass is 10.1. The van der Waals surface area contributed by atoms with Gasteiger partial charge in [0.2, 0.25) is 0 Å². The van der Waals surface area contributed by atoms with Gasteiger partial charge in [0, 0.05) is 16.6 Å². The monoisotopic (exact) mass is 544 g/mol. The first-order valence-corrected chi connectivity index (χ1v) is 13.3. The lowest BCUT2D eigenvalue weighted by Gasteiger charge is -2.12. The molecule has 2 heterocycles. The van der Waals surface area contributed by atoms with E-state index in [0.717, 1.165) is 52.2 Å². The number of benzene rings is 3. The molecule has 200 valence electrons. The van der Waals surface area contributed by atoms with E-state index in [4.69, 9.17) is 20.8 Å². The summed E-state index contributed by atoms with van der Waals surface area (Å²) in [5.41, 5.74) is 3.21. The van der Waals surface area contributed by atoms with Gasteiger partial charge in [0.05, 0.1) is 17.1 Å². The van der Waals surface area contributed by atoms with Crippen LogP contribution in [0.5, 0.6) is 5.75 Å². The van der Waals surface area contributed by atoms with Crippen molar-refractivity contribution in [1.29, 1.82) is 0 Å². The van der Waals surface area contributed by atoms with Gasteiger partial charge in [-0.05, 0) is 85.1 Å². The van der Waals surface area contributed by atoms with E-state index in [0.29, 0.717) is 29.1 Å². The van der Waals surface area contributed by atoms with E-state index < -0.39 is 0 Å². The highest BCUT2D eigenvalue weighted by Gasteiger charge is 2.11. The Morgan fingerprint density at radius 2 is 1.90 bits per heavy atom. The molecule has 5 aromatic rings. The van der Waals surface area contributed by atoms with Gasteiger partial charge in [0.15, 0.2) is 0 Å². The second kappa shape index (κ2) is 12.3. The fourth-order valence-electron chi connectivity index (χ4n) is 4.16. The SMILES string of the molecule is CC(C)CCNCc1ccc(-c2ccc3ncnc(Nc4ccc(OCc5cccc(F)c5)c(Cl)c4)c3c2)o1. The van der Waals surface area contributed by atoms with Crippen molar-refractivity contribution in [2.24, 2.45) is 5.92 Å². The summed E-state index contributed by atoms with van der Waals surface area (Å²) in [6.45, 7) is 6.30. The van der Waals surface area contributed by atoms with Crippen LogP contribution in [0.4, 0.5) is 15.9 Å². The zero-order valence-electron chi connectivity index (χ0n) is 21.9. The lowest BCUT2D eigenvalue weighted by Crippen LogP contribution is -2.15. The maximum atomic E-state index is 13.4. The number of nitrogens with one attached hydrogen (secondary N) is 2. The number of ether oxygens (including phenoxy) is 1. The number of halogens is 2. The maximum Gasteiger partial charge on any atom is 0.141 e. The molecule has 0 atom stereocenters. The molecule has 0 unspecified atom stereocenters. The number of rotatable bonds is 11. The lowest BCUT2D eigenvalue weighted by molar-refractivity contribution is 0.306. The predicted molar refractivity (Wildman–Crippen MR) is 154 cm³/mol. The van der Waals surface area contributed by atoms with Crippen LogP contribution in [0.2, 0.25) is 5.02 Å². The number of anilines is 2. The van der Waals surface area contributed by atoms with Gasteiger partial charge in [-0.1, -0.05) is 37.6 Å². The van der Waals surface area contributed by atoms with Gasteiger partial charge in [0.1, 0.15) is 41.8 Å². The van der Waals surface area contributed by atoms with Crippen LogP contribution in [0.3, 0.4) is 0 Å². The number of fused-ring (bicyclic) bond motifs is 1. The molecule has 39 heavy (non-hydrogen) atoms. The summed E-state index contributed by atoms with van der Waals surface area (Å²) in [7, 11) is 0. The highest BCUT2D eigenvalue weighted by Crippen LogP contribution is 2.32.